The number of halogens is 2. The molecule has 1 fully saturated rings. The van der Waals surface area contributed by atoms with Crippen LogP contribution in [0.4, 0.5) is 14.9 Å². The predicted octanol–water partition coefficient (Wildman–Crippen LogP) is 5.00. The number of hydrogen-bond acceptors (Lipinski definition) is 4. The van der Waals surface area contributed by atoms with Crippen LogP contribution in [0.25, 0.3) is 6.08 Å². The minimum atomic E-state index is -0.432. The van der Waals surface area contributed by atoms with Crippen molar-refractivity contribution in [2.24, 2.45) is 0 Å². The third-order valence-corrected chi connectivity index (χ3v) is 5.08. The van der Waals surface area contributed by atoms with Gasteiger partial charge >= 0.3 is 0 Å². The van der Waals surface area contributed by atoms with Crippen molar-refractivity contribution < 1.29 is 14.0 Å². The Morgan fingerprint density at radius 2 is 2.00 bits per heavy atom. The molecular weight excluding hydrogens is 407 g/mol. The molecule has 128 valence electrons. The average molecular weight is 421 g/mol. The van der Waals surface area contributed by atoms with Crippen molar-refractivity contribution in [1.82, 2.24) is 4.90 Å². The van der Waals surface area contributed by atoms with Crippen molar-refractivity contribution in [2.75, 3.05) is 12.0 Å². The molecular formula is C18H14BrFN2O2S. The highest BCUT2D eigenvalue weighted by atomic mass is 79.9. The number of nitrogens with zero attached hydrogens (tertiary/aromatic N) is 1. The van der Waals surface area contributed by atoms with E-state index in [9.17, 15) is 14.0 Å². The van der Waals surface area contributed by atoms with E-state index in [2.05, 4.69) is 21.2 Å². The highest BCUT2D eigenvalue weighted by molar-refractivity contribution is 9.10. The Morgan fingerprint density at radius 1 is 1.24 bits per heavy atom. The summed E-state index contributed by atoms with van der Waals surface area (Å²) in [5.41, 5.74) is 2.10. The molecule has 4 nitrogen and oxygen atoms in total. The molecule has 0 saturated carbocycles. The van der Waals surface area contributed by atoms with Crippen LogP contribution < -0.4 is 5.32 Å². The lowest BCUT2D eigenvalue weighted by Crippen LogP contribution is -2.33. The maximum atomic E-state index is 13.7. The van der Waals surface area contributed by atoms with Crippen molar-refractivity contribution in [1.29, 1.82) is 0 Å². The van der Waals surface area contributed by atoms with Crippen molar-refractivity contribution in [2.45, 2.75) is 6.92 Å². The molecule has 2 amide bonds. The summed E-state index contributed by atoms with van der Waals surface area (Å²) in [6, 6.07) is 11.8. The highest BCUT2D eigenvalue weighted by Gasteiger charge is 2.35. The average Bonchev–Trinajstić information content (AvgIpc) is 2.83. The Bertz CT molecular complexity index is 885. The number of aryl methyl sites for hydroxylation is 1. The number of nitrogens with one attached hydrogen (secondary N) is 1. The fourth-order valence-electron chi connectivity index (χ4n) is 2.36. The van der Waals surface area contributed by atoms with Gasteiger partial charge in [-0.15, -0.1) is 0 Å². The van der Waals surface area contributed by atoms with Crippen LogP contribution in [0.3, 0.4) is 0 Å². The number of hydrogen-bond donors (Lipinski definition) is 1. The van der Waals surface area contributed by atoms with Crippen LogP contribution in [0.2, 0.25) is 0 Å². The van der Waals surface area contributed by atoms with Crippen LogP contribution >= 0.6 is 27.7 Å². The van der Waals surface area contributed by atoms with Crippen LogP contribution in [0, 0.1) is 12.7 Å². The summed E-state index contributed by atoms with van der Waals surface area (Å²) < 4.78 is 14.7. The van der Waals surface area contributed by atoms with Crippen LogP contribution in [0.1, 0.15) is 11.1 Å². The first-order valence-corrected chi connectivity index (χ1v) is 9.06. The molecule has 0 bridgehead atoms. The van der Waals surface area contributed by atoms with E-state index in [4.69, 9.17) is 0 Å². The summed E-state index contributed by atoms with van der Waals surface area (Å²) in [7, 11) is 0. The van der Waals surface area contributed by atoms with Gasteiger partial charge in [0.15, 0.2) is 0 Å². The molecule has 0 radical (unpaired) electrons. The van der Waals surface area contributed by atoms with Gasteiger partial charge in [-0.3, -0.25) is 14.5 Å². The second-order valence-corrected chi connectivity index (χ2v) is 7.33. The Kier molecular flexibility index (Phi) is 5.24. The number of benzene rings is 2. The van der Waals surface area contributed by atoms with Crippen molar-refractivity contribution in [3.05, 3.63) is 68.8 Å². The largest absolute Gasteiger partial charge is 0.367 e. The zero-order valence-electron chi connectivity index (χ0n) is 13.3. The first kappa shape index (κ1) is 17.7. The van der Waals surface area contributed by atoms with Crippen LogP contribution in [-0.4, -0.2) is 22.7 Å². The number of carbonyl (C=O) groups excluding carboxylic acids is 2. The van der Waals surface area contributed by atoms with Gasteiger partial charge in [-0.2, -0.15) is 0 Å². The van der Waals surface area contributed by atoms with Gasteiger partial charge in [0, 0.05) is 15.7 Å². The molecule has 2 aromatic carbocycles. The minimum absolute atomic E-state index is 0.0573. The van der Waals surface area contributed by atoms with Gasteiger partial charge < -0.3 is 5.32 Å². The van der Waals surface area contributed by atoms with E-state index < -0.39 is 11.7 Å². The summed E-state index contributed by atoms with van der Waals surface area (Å²) in [6.45, 7) is 1.99. The normalized spacial score (nSPS) is 16.0. The lowest BCUT2D eigenvalue weighted by atomic mass is 10.2. The fourth-order valence-corrected chi connectivity index (χ4v) is 3.66. The van der Waals surface area contributed by atoms with Gasteiger partial charge in [0.25, 0.3) is 11.1 Å². The summed E-state index contributed by atoms with van der Waals surface area (Å²) in [4.78, 5) is 25.9. The molecule has 0 spiro atoms. The van der Waals surface area contributed by atoms with Gasteiger partial charge in [-0.05, 0) is 54.6 Å². The summed E-state index contributed by atoms with van der Waals surface area (Å²) in [5.74, 6) is -0.863. The van der Waals surface area contributed by atoms with E-state index in [0.717, 1.165) is 32.4 Å². The molecule has 1 heterocycles. The van der Waals surface area contributed by atoms with Crippen LogP contribution in [-0.2, 0) is 4.79 Å². The Balaban J connectivity index is 1.74. The number of thioether (sulfide) groups is 1. The number of imide groups is 1. The second-order valence-electron chi connectivity index (χ2n) is 5.43. The van der Waals surface area contributed by atoms with Gasteiger partial charge in [-0.25, -0.2) is 4.39 Å². The Morgan fingerprint density at radius 3 is 2.72 bits per heavy atom. The minimum Gasteiger partial charge on any atom is -0.367 e. The third kappa shape index (κ3) is 3.93. The van der Waals surface area contributed by atoms with Crippen molar-refractivity contribution in [3.8, 4) is 0 Å². The zero-order chi connectivity index (χ0) is 18.0. The molecule has 25 heavy (non-hydrogen) atoms. The second kappa shape index (κ2) is 7.41. The SMILES string of the molecule is Cc1cc(Br)ccc1NCN1C(=O)SC(=Cc2ccccc2F)C1=O. The zero-order valence-corrected chi connectivity index (χ0v) is 15.7. The van der Waals surface area contributed by atoms with E-state index in [0.29, 0.717) is 0 Å². The lowest BCUT2D eigenvalue weighted by molar-refractivity contribution is -0.122. The number of carbonyl (C=O) groups is 2. The van der Waals surface area contributed by atoms with Gasteiger partial charge in [0.1, 0.15) is 5.82 Å². The van der Waals surface area contributed by atoms with Crippen molar-refractivity contribution >= 4 is 50.6 Å². The molecule has 1 saturated heterocycles. The molecule has 0 atom stereocenters. The van der Waals surface area contributed by atoms with Crippen molar-refractivity contribution in [3.63, 3.8) is 0 Å². The molecule has 1 aliphatic heterocycles. The molecule has 0 unspecified atom stereocenters. The number of anilines is 1. The van der Waals surface area contributed by atoms with Gasteiger partial charge in [0.2, 0.25) is 0 Å². The Hall–Kier alpha value is -2.12. The molecule has 1 aliphatic rings. The third-order valence-electron chi connectivity index (χ3n) is 3.68. The quantitative estimate of drug-likeness (QED) is 0.706. The van der Waals surface area contributed by atoms with E-state index in [1.165, 1.54) is 12.1 Å². The van der Waals surface area contributed by atoms with Gasteiger partial charge in [-0.1, -0.05) is 34.1 Å². The maximum absolute atomic E-state index is 13.7. The molecule has 1 N–H and O–H groups in total. The Labute approximate surface area is 157 Å². The summed E-state index contributed by atoms with van der Waals surface area (Å²) in [5, 5.41) is 2.71. The van der Waals surface area contributed by atoms with E-state index in [1.807, 2.05) is 25.1 Å². The summed E-state index contributed by atoms with van der Waals surface area (Å²) >= 11 is 4.20. The smallest absolute Gasteiger partial charge is 0.295 e. The first-order valence-electron chi connectivity index (χ1n) is 7.45. The van der Waals surface area contributed by atoms with E-state index >= 15 is 0 Å². The first-order chi connectivity index (χ1) is 12.0. The standard InChI is InChI=1S/C18H14BrFN2O2S/c1-11-8-13(19)6-7-15(11)21-10-22-17(23)16(25-18(22)24)9-12-4-2-3-5-14(12)20/h2-9,21H,10H2,1H3. The van der Waals surface area contributed by atoms with Gasteiger partial charge in [0.05, 0.1) is 11.6 Å². The lowest BCUT2D eigenvalue weighted by Gasteiger charge is -2.16. The fraction of sp³-hybridized carbons (Fsp3) is 0.111. The van der Waals surface area contributed by atoms with Crippen LogP contribution in [0.15, 0.2) is 51.8 Å². The maximum Gasteiger partial charge on any atom is 0.295 e. The number of rotatable bonds is 4. The van der Waals surface area contributed by atoms with Crippen LogP contribution in [0.5, 0.6) is 0 Å². The predicted molar refractivity (Wildman–Crippen MR) is 102 cm³/mol. The highest BCUT2D eigenvalue weighted by Crippen LogP contribution is 2.32. The molecule has 0 aromatic heterocycles. The number of amides is 2. The van der Waals surface area contributed by atoms with E-state index in [1.54, 1.807) is 18.2 Å². The topological polar surface area (TPSA) is 49.4 Å². The molecule has 0 aliphatic carbocycles. The monoisotopic (exact) mass is 420 g/mol. The van der Waals surface area contributed by atoms with E-state index in [-0.39, 0.29) is 22.4 Å². The summed E-state index contributed by atoms with van der Waals surface area (Å²) in [6.07, 6.45) is 1.41. The molecule has 7 heteroatoms. The molecule has 3 rings (SSSR count). The molecule has 2 aromatic rings.